The molecule has 19 aromatic rings. The Balaban J connectivity index is 0.575. The minimum Gasteiger partial charge on any atom is -0.457 e. The molecule has 0 atom stereocenters. The number of hydrogen-bond acceptors (Lipinski definition) is 6. The highest BCUT2D eigenvalue weighted by Gasteiger charge is 2.53. The molecule has 4 aliphatic rings. The Labute approximate surface area is 684 Å². The van der Waals surface area contributed by atoms with E-state index in [1.165, 1.54) is 44.5 Å². The summed E-state index contributed by atoms with van der Waals surface area (Å²) >= 11 is 0. The van der Waals surface area contributed by atoms with Gasteiger partial charge >= 0.3 is 0 Å². The lowest BCUT2D eigenvalue weighted by Gasteiger charge is -2.40. The Hall–Kier alpha value is -15.5. The van der Waals surface area contributed by atoms with E-state index in [9.17, 15) is 0 Å². The fourth-order valence-electron chi connectivity index (χ4n) is 19.1. The van der Waals surface area contributed by atoms with Gasteiger partial charge in [0.05, 0.1) is 33.6 Å². The maximum Gasteiger partial charge on any atom is 0.160 e. The summed E-state index contributed by atoms with van der Waals surface area (Å²) in [5.74, 6) is 4.73. The van der Waals surface area contributed by atoms with E-state index in [1.807, 2.05) is 36.4 Å². The number of benzene rings is 17. The summed E-state index contributed by atoms with van der Waals surface area (Å²) in [6, 6.07) is 153. The van der Waals surface area contributed by atoms with E-state index in [4.69, 9.17) is 29.4 Å². The largest absolute Gasteiger partial charge is 0.457 e. The number of aromatic nitrogens is 4. The van der Waals surface area contributed by atoms with Gasteiger partial charge in [-0.3, -0.25) is 0 Å². The highest BCUT2D eigenvalue weighted by Crippen LogP contribution is 2.65. The molecule has 4 heterocycles. The van der Waals surface area contributed by atoms with Crippen molar-refractivity contribution in [3.63, 3.8) is 0 Å². The van der Waals surface area contributed by atoms with Gasteiger partial charge in [0.2, 0.25) is 0 Å². The lowest BCUT2D eigenvalue weighted by Crippen LogP contribution is -2.32. The van der Waals surface area contributed by atoms with Crippen LogP contribution in [0, 0.1) is 0 Å². The van der Waals surface area contributed by atoms with Gasteiger partial charge < -0.3 is 9.47 Å². The molecule has 0 saturated heterocycles. The Kier molecular flexibility index (Phi) is 16.0. The average Bonchev–Trinajstić information content (AvgIpc) is 1.50. The normalized spacial score (nSPS) is 13.0. The van der Waals surface area contributed by atoms with Crippen LogP contribution in [-0.2, 0) is 10.8 Å². The molecule has 0 unspecified atom stereocenters. The van der Waals surface area contributed by atoms with Crippen LogP contribution in [0.5, 0.6) is 23.0 Å². The van der Waals surface area contributed by atoms with Crippen LogP contribution in [0.2, 0.25) is 0 Å². The summed E-state index contributed by atoms with van der Waals surface area (Å²) in [5, 5.41) is 0. The first kappa shape index (κ1) is 68.1. The van der Waals surface area contributed by atoms with Crippen LogP contribution >= 0.6 is 0 Å². The molecule has 0 amide bonds. The quantitative estimate of drug-likeness (QED) is 0.121. The number of ether oxygens (including phenoxy) is 2. The van der Waals surface area contributed by atoms with Gasteiger partial charge in [-0.05, 0) is 184 Å². The van der Waals surface area contributed by atoms with Crippen LogP contribution in [0.15, 0.2) is 425 Å². The molecule has 0 saturated carbocycles. The van der Waals surface area contributed by atoms with Crippen LogP contribution in [0.4, 0.5) is 0 Å². The summed E-state index contributed by atoms with van der Waals surface area (Å²) in [7, 11) is 0. The first-order valence-electron chi connectivity index (χ1n) is 40.3. The van der Waals surface area contributed by atoms with Crippen molar-refractivity contribution in [3.8, 4) is 180 Å². The molecule has 0 fully saturated rings. The molecule has 6 heteroatoms. The predicted octanol–water partition coefficient (Wildman–Crippen LogP) is 28.2. The zero-order chi connectivity index (χ0) is 77.8. The van der Waals surface area contributed by atoms with Crippen molar-refractivity contribution in [2.45, 2.75) is 10.8 Å². The Morgan fingerprint density at radius 1 is 0.144 bits per heavy atom. The highest BCUT2D eigenvalue weighted by molar-refractivity contribution is 5.94. The molecular formula is C112H70N4O2. The van der Waals surface area contributed by atoms with E-state index < -0.39 is 10.8 Å². The van der Waals surface area contributed by atoms with Gasteiger partial charge in [-0.1, -0.05) is 352 Å². The molecule has 6 nitrogen and oxygen atoms in total. The summed E-state index contributed by atoms with van der Waals surface area (Å²) < 4.78 is 14.0. The highest BCUT2D eigenvalue weighted by atomic mass is 16.5. The van der Waals surface area contributed by atoms with Gasteiger partial charge in [-0.2, -0.15) is 0 Å². The molecule has 2 aliphatic heterocycles. The zero-order valence-electron chi connectivity index (χ0n) is 64.0. The molecule has 17 aromatic carbocycles. The first-order valence-corrected chi connectivity index (χ1v) is 40.3. The van der Waals surface area contributed by atoms with Crippen molar-refractivity contribution in [1.29, 1.82) is 0 Å². The Morgan fingerprint density at radius 3 is 0.847 bits per heavy atom. The molecule has 0 N–H and O–H groups in total. The maximum absolute atomic E-state index is 7.20. The fourth-order valence-corrected chi connectivity index (χ4v) is 19.1. The SMILES string of the molecule is c1ccc(-c2cc(-c3ccccc3)nc(-c3ccc(-c4ccc(-c5ccc6c(c5)C5(c7cc(-c8ccccc8-c8cccc(-c9cc(-c%10ccccc%10)nc(-c%10cccc(-c%11cccc(-c%12ccc%13c(c%12)C%12(c%14ccccc%14O%13)c%13ccccc%13-c%13ccccc%13%12)c%11)c%10)n9)c8)ccc7O6)c6ccccc6-c6ccccc65)cc4)cc3)n2)cc1. The van der Waals surface area contributed by atoms with Crippen molar-refractivity contribution in [2.24, 2.45) is 0 Å². The monoisotopic (exact) mass is 1500 g/mol. The van der Waals surface area contributed by atoms with Gasteiger partial charge in [-0.15, -0.1) is 0 Å². The maximum atomic E-state index is 7.20. The van der Waals surface area contributed by atoms with Gasteiger partial charge in [0.1, 0.15) is 23.0 Å². The third-order valence-corrected chi connectivity index (χ3v) is 24.5. The second-order valence-electron chi connectivity index (χ2n) is 31.0. The van der Waals surface area contributed by atoms with Gasteiger partial charge in [0.15, 0.2) is 11.6 Å². The average molecular weight is 1500 g/mol. The van der Waals surface area contributed by atoms with E-state index in [2.05, 4.69) is 388 Å². The lowest BCUT2D eigenvalue weighted by molar-refractivity contribution is 0.436. The molecule has 118 heavy (non-hydrogen) atoms. The van der Waals surface area contributed by atoms with Crippen LogP contribution in [0.1, 0.15) is 44.5 Å². The minimum absolute atomic E-state index is 0.568. The summed E-state index contributed by atoms with van der Waals surface area (Å²) in [4.78, 5) is 21.1. The molecule has 550 valence electrons. The fraction of sp³-hybridized carbons (Fsp3) is 0.0179. The molecule has 2 spiro atoms. The number of hydrogen-bond donors (Lipinski definition) is 0. The lowest BCUT2D eigenvalue weighted by atomic mass is 9.65. The first-order chi connectivity index (χ1) is 58.4. The Bertz CT molecular complexity index is 7090. The van der Waals surface area contributed by atoms with Gasteiger partial charge in [0, 0.05) is 55.6 Å². The summed E-state index contributed by atoms with van der Waals surface area (Å²) in [6.45, 7) is 0. The van der Waals surface area contributed by atoms with E-state index in [1.54, 1.807) is 0 Å². The summed E-state index contributed by atoms with van der Waals surface area (Å²) in [5.41, 5.74) is 35.6. The smallest absolute Gasteiger partial charge is 0.160 e. The number of fused-ring (bicyclic) bond motifs is 18. The van der Waals surface area contributed by atoms with Gasteiger partial charge in [-0.25, -0.2) is 19.9 Å². The van der Waals surface area contributed by atoms with E-state index >= 15 is 0 Å². The van der Waals surface area contributed by atoms with Crippen molar-refractivity contribution < 1.29 is 9.47 Å². The second-order valence-corrected chi connectivity index (χ2v) is 31.0. The number of rotatable bonds is 12. The van der Waals surface area contributed by atoms with Crippen molar-refractivity contribution in [2.75, 3.05) is 0 Å². The van der Waals surface area contributed by atoms with Gasteiger partial charge in [0.25, 0.3) is 0 Å². The third kappa shape index (κ3) is 11.1. The third-order valence-electron chi connectivity index (χ3n) is 24.5. The topological polar surface area (TPSA) is 70.0 Å². The standard InChI is InChI=1S/C112H70N4O2/c1-4-25-74(26-5-1)101-69-102(75-27-6-2-7-28-75)114-109(113-101)77-55-53-72(54-56-77)71-49-51-73(52-50-71)81-57-60-107-99(66-81)112(95-45-18-14-41-91(95)92-42-15-19-46-96(92)112)100-68-84(59-62-108(100)118-107)88-38-11-10-37-87(88)83-34-24-35-85(65-83)104-70-103(76-29-8-3-9-30-76)115-110(116-104)86-36-23-33-80(64-86)78-31-22-32-79(63-78)82-58-61-106-98(67-82)111(97-47-20-21-48-105(97)117-106)93-43-16-12-39-89(93)90-40-13-17-44-94(90)111/h1-70H. The van der Waals surface area contributed by atoms with Crippen LogP contribution in [0.25, 0.3) is 157 Å². The molecule has 0 radical (unpaired) electrons. The molecule has 2 aromatic heterocycles. The predicted molar refractivity (Wildman–Crippen MR) is 478 cm³/mol. The molecule has 23 rings (SSSR count). The van der Waals surface area contributed by atoms with Crippen LogP contribution in [0.3, 0.4) is 0 Å². The van der Waals surface area contributed by atoms with E-state index in [0.29, 0.717) is 11.6 Å². The Morgan fingerprint density at radius 2 is 0.398 bits per heavy atom. The van der Waals surface area contributed by atoms with E-state index in [0.717, 1.165) is 168 Å². The van der Waals surface area contributed by atoms with Crippen molar-refractivity contribution in [1.82, 2.24) is 19.9 Å². The van der Waals surface area contributed by atoms with Crippen LogP contribution in [-0.4, -0.2) is 19.9 Å². The van der Waals surface area contributed by atoms with Crippen LogP contribution < -0.4 is 9.47 Å². The summed E-state index contributed by atoms with van der Waals surface area (Å²) in [6.07, 6.45) is 0. The number of nitrogens with zero attached hydrogens (tertiary/aromatic N) is 4. The minimum atomic E-state index is -0.732. The molecule has 2 aliphatic carbocycles. The molecular weight excluding hydrogens is 1430 g/mol. The molecule has 0 bridgehead atoms. The van der Waals surface area contributed by atoms with Crippen molar-refractivity contribution in [3.05, 3.63) is 469 Å². The van der Waals surface area contributed by atoms with Crippen molar-refractivity contribution >= 4 is 0 Å². The zero-order valence-corrected chi connectivity index (χ0v) is 64.0. The van der Waals surface area contributed by atoms with E-state index in [-0.39, 0.29) is 0 Å². The second kappa shape index (κ2) is 27.7. The number of para-hydroxylation sites is 1.